The maximum absolute atomic E-state index is 6.59. The predicted octanol–water partition coefficient (Wildman–Crippen LogP) is 11.4. The molecule has 7 aromatic carbocycles. The van der Waals surface area contributed by atoms with Crippen molar-refractivity contribution >= 4 is 21.5 Å². The lowest BCUT2D eigenvalue weighted by Gasteiger charge is -2.24. The Labute approximate surface area is 245 Å². The third-order valence-electron chi connectivity index (χ3n) is 9.45. The van der Waals surface area contributed by atoms with Gasteiger partial charge in [0.1, 0.15) is 11.5 Å². The molecular weight excluding hydrogens is 508 g/mol. The molecule has 0 amide bonds. The SMILES string of the molecule is CC1(C)c2cc(-c3ccc4c5c(cccc35)-c3ccc(-c5ccccc5)cc3O4)ccc2-c2cc3ccccc3cc21. The summed E-state index contributed by atoms with van der Waals surface area (Å²) in [5.74, 6) is 1.83. The lowest BCUT2D eigenvalue weighted by Crippen LogP contribution is -2.15. The fourth-order valence-corrected chi connectivity index (χ4v) is 7.28. The molecule has 1 aliphatic heterocycles. The molecule has 0 radical (unpaired) electrons. The first-order valence-electron chi connectivity index (χ1n) is 14.7. The summed E-state index contributed by atoms with van der Waals surface area (Å²) in [6.45, 7) is 4.73. The molecule has 0 saturated heterocycles. The topological polar surface area (TPSA) is 9.23 Å². The van der Waals surface area contributed by atoms with Gasteiger partial charge in [0.2, 0.25) is 0 Å². The standard InChI is InChI=1S/C41H28O/c1-41(2)36-23-29(16-17-31(36)35-21-26-11-6-7-12-27(26)22-37(35)41)30-19-20-38-40-33(30)13-8-14-34(40)32-18-15-28(24-39(32)42-38)25-9-4-3-5-10-25/h3-24H,1-2H3. The van der Waals surface area contributed by atoms with Gasteiger partial charge in [-0.3, -0.25) is 0 Å². The molecule has 0 spiro atoms. The van der Waals surface area contributed by atoms with Crippen LogP contribution in [-0.4, -0.2) is 0 Å². The molecule has 1 heterocycles. The summed E-state index contributed by atoms with van der Waals surface area (Å²) in [4.78, 5) is 0. The lowest BCUT2D eigenvalue weighted by atomic mass is 9.80. The Hall–Kier alpha value is -5.14. The van der Waals surface area contributed by atoms with Crippen molar-refractivity contribution in [2.24, 2.45) is 0 Å². The Morgan fingerprint density at radius 1 is 0.429 bits per heavy atom. The Morgan fingerprint density at radius 3 is 2.00 bits per heavy atom. The van der Waals surface area contributed by atoms with Crippen molar-refractivity contribution in [3.8, 4) is 56.0 Å². The fraction of sp³-hybridized carbons (Fsp3) is 0.0732. The van der Waals surface area contributed by atoms with Crippen LogP contribution >= 0.6 is 0 Å². The molecule has 0 atom stereocenters. The molecule has 0 unspecified atom stereocenters. The number of ether oxygens (including phenoxy) is 1. The third kappa shape index (κ3) is 3.25. The van der Waals surface area contributed by atoms with Crippen molar-refractivity contribution in [2.45, 2.75) is 19.3 Å². The Morgan fingerprint density at radius 2 is 1.14 bits per heavy atom. The largest absolute Gasteiger partial charge is 0.456 e. The van der Waals surface area contributed by atoms with Crippen LogP contribution in [0.4, 0.5) is 0 Å². The van der Waals surface area contributed by atoms with Crippen LogP contribution in [0, 0.1) is 0 Å². The van der Waals surface area contributed by atoms with Crippen LogP contribution in [0.1, 0.15) is 25.0 Å². The second-order valence-corrected chi connectivity index (χ2v) is 12.1. The van der Waals surface area contributed by atoms with Gasteiger partial charge in [0.05, 0.1) is 0 Å². The van der Waals surface area contributed by atoms with Gasteiger partial charge in [0.15, 0.2) is 0 Å². The highest BCUT2D eigenvalue weighted by atomic mass is 16.5. The minimum atomic E-state index is -0.0738. The van der Waals surface area contributed by atoms with Crippen molar-refractivity contribution < 1.29 is 4.74 Å². The molecule has 0 aromatic heterocycles. The highest BCUT2D eigenvalue weighted by molar-refractivity contribution is 6.10. The van der Waals surface area contributed by atoms with Crippen LogP contribution in [0.2, 0.25) is 0 Å². The van der Waals surface area contributed by atoms with Crippen molar-refractivity contribution in [1.82, 2.24) is 0 Å². The summed E-state index contributed by atoms with van der Waals surface area (Å²) in [7, 11) is 0. The quantitative estimate of drug-likeness (QED) is 0.213. The third-order valence-corrected chi connectivity index (χ3v) is 9.45. The summed E-state index contributed by atoms with van der Waals surface area (Å²) in [6.07, 6.45) is 0. The van der Waals surface area contributed by atoms with Gasteiger partial charge < -0.3 is 4.74 Å². The Kier molecular flexibility index (Phi) is 4.73. The normalized spacial score (nSPS) is 13.9. The number of rotatable bonds is 2. The predicted molar refractivity (Wildman–Crippen MR) is 175 cm³/mol. The molecule has 9 rings (SSSR count). The molecular formula is C41H28O. The van der Waals surface area contributed by atoms with Gasteiger partial charge in [-0.2, -0.15) is 0 Å². The molecule has 0 N–H and O–H groups in total. The maximum atomic E-state index is 6.59. The van der Waals surface area contributed by atoms with E-state index in [4.69, 9.17) is 4.74 Å². The average molecular weight is 537 g/mol. The Balaban J connectivity index is 1.19. The van der Waals surface area contributed by atoms with E-state index in [9.17, 15) is 0 Å². The second-order valence-electron chi connectivity index (χ2n) is 12.1. The van der Waals surface area contributed by atoms with Crippen LogP contribution < -0.4 is 4.74 Å². The van der Waals surface area contributed by atoms with E-state index in [1.54, 1.807) is 0 Å². The molecule has 0 saturated carbocycles. The smallest absolute Gasteiger partial charge is 0.135 e. The van der Waals surface area contributed by atoms with Gasteiger partial charge in [-0.1, -0.05) is 111 Å². The van der Waals surface area contributed by atoms with Gasteiger partial charge in [-0.25, -0.2) is 0 Å². The maximum Gasteiger partial charge on any atom is 0.135 e. The van der Waals surface area contributed by atoms with Gasteiger partial charge in [-0.15, -0.1) is 0 Å². The second kappa shape index (κ2) is 8.44. The van der Waals surface area contributed by atoms with E-state index in [0.717, 1.165) is 22.6 Å². The van der Waals surface area contributed by atoms with Crippen molar-refractivity contribution in [3.05, 3.63) is 145 Å². The van der Waals surface area contributed by atoms with E-state index in [1.165, 1.54) is 66.1 Å². The molecule has 2 aliphatic rings. The van der Waals surface area contributed by atoms with Crippen LogP contribution in [0.5, 0.6) is 11.5 Å². The van der Waals surface area contributed by atoms with Crippen molar-refractivity contribution in [1.29, 1.82) is 0 Å². The van der Waals surface area contributed by atoms with Gasteiger partial charge in [0.25, 0.3) is 0 Å². The molecule has 1 nitrogen and oxygen atoms in total. The highest BCUT2D eigenvalue weighted by Crippen LogP contribution is 2.53. The van der Waals surface area contributed by atoms with E-state index in [-0.39, 0.29) is 5.41 Å². The zero-order valence-corrected chi connectivity index (χ0v) is 23.6. The molecule has 42 heavy (non-hydrogen) atoms. The number of benzene rings is 7. The van der Waals surface area contributed by atoms with Crippen LogP contribution in [-0.2, 0) is 5.41 Å². The van der Waals surface area contributed by atoms with Gasteiger partial charge in [-0.05, 0) is 103 Å². The minimum absolute atomic E-state index is 0.0738. The van der Waals surface area contributed by atoms with Gasteiger partial charge >= 0.3 is 0 Å². The molecule has 0 fully saturated rings. The molecule has 1 aliphatic carbocycles. The minimum Gasteiger partial charge on any atom is -0.456 e. The summed E-state index contributed by atoms with van der Waals surface area (Å²) in [5.41, 5.74) is 12.6. The number of hydrogen-bond acceptors (Lipinski definition) is 1. The zero-order valence-electron chi connectivity index (χ0n) is 23.6. The summed E-state index contributed by atoms with van der Waals surface area (Å²) in [5, 5.41) is 5.01. The van der Waals surface area contributed by atoms with Crippen LogP contribution in [0.15, 0.2) is 133 Å². The van der Waals surface area contributed by atoms with E-state index in [2.05, 4.69) is 147 Å². The van der Waals surface area contributed by atoms with E-state index in [0.29, 0.717) is 0 Å². The van der Waals surface area contributed by atoms with Crippen molar-refractivity contribution in [3.63, 3.8) is 0 Å². The molecule has 0 bridgehead atoms. The number of hydrogen-bond donors (Lipinski definition) is 0. The molecule has 7 aromatic rings. The number of fused-ring (bicyclic) bond motifs is 6. The van der Waals surface area contributed by atoms with Crippen LogP contribution in [0.25, 0.3) is 66.1 Å². The molecule has 198 valence electrons. The fourth-order valence-electron chi connectivity index (χ4n) is 7.28. The zero-order chi connectivity index (χ0) is 28.0. The van der Waals surface area contributed by atoms with E-state index < -0.39 is 0 Å². The first kappa shape index (κ1) is 23.6. The monoisotopic (exact) mass is 536 g/mol. The summed E-state index contributed by atoms with van der Waals surface area (Å²) in [6, 6.07) is 48.6. The van der Waals surface area contributed by atoms with Crippen LogP contribution in [0.3, 0.4) is 0 Å². The van der Waals surface area contributed by atoms with E-state index in [1.807, 2.05) is 0 Å². The average Bonchev–Trinajstić information content (AvgIpc) is 3.25. The summed E-state index contributed by atoms with van der Waals surface area (Å²) < 4.78 is 6.59. The highest BCUT2D eigenvalue weighted by Gasteiger charge is 2.36. The first-order chi connectivity index (χ1) is 20.6. The summed E-state index contributed by atoms with van der Waals surface area (Å²) >= 11 is 0. The molecule has 1 heteroatoms. The van der Waals surface area contributed by atoms with E-state index >= 15 is 0 Å². The Bertz CT molecular complexity index is 2240. The van der Waals surface area contributed by atoms with Crippen molar-refractivity contribution in [2.75, 3.05) is 0 Å². The van der Waals surface area contributed by atoms with Gasteiger partial charge in [0, 0.05) is 16.4 Å². The first-order valence-corrected chi connectivity index (χ1v) is 14.7. The lowest BCUT2D eigenvalue weighted by molar-refractivity contribution is 0.487.